The maximum Gasteiger partial charge on any atom is 0.238 e. The average Bonchev–Trinajstić information content (AvgIpc) is 2.47. The number of nitrogens with zero attached hydrogens (tertiary/aromatic N) is 1. The molecule has 0 unspecified atom stereocenters. The zero-order valence-corrected chi connectivity index (χ0v) is 10.8. The van der Waals surface area contributed by atoms with Gasteiger partial charge in [-0.3, -0.25) is 4.79 Å². The van der Waals surface area contributed by atoms with E-state index in [-0.39, 0.29) is 12.3 Å². The lowest BCUT2D eigenvalue weighted by molar-refractivity contribution is -0.115. The summed E-state index contributed by atoms with van der Waals surface area (Å²) in [5.74, 6) is -0.283. The molecule has 0 bridgehead atoms. The van der Waals surface area contributed by atoms with Crippen molar-refractivity contribution in [2.45, 2.75) is 6.42 Å². The number of nitriles is 1. The number of amides is 1. The first-order chi connectivity index (χ1) is 9.79. The summed E-state index contributed by atoms with van der Waals surface area (Å²) in [6.45, 7) is 0. The number of carbonyl (C=O) groups is 1. The Morgan fingerprint density at radius 2 is 1.55 bits per heavy atom. The van der Waals surface area contributed by atoms with Crippen molar-refractivity contribution in [1.29, 1.82) is 5.26 Å². The number of nitrogens with one attached hydrogen (secondary N) is 1. The second-order valence-electron chi connectivity index (χ2n) is 4.58. The third-order valence-corrected chi connectivity index (χ3v) is 3.28. The topological polar surface area (TPSA) is 52.9 Å². The highest BCUT2D eigenvalue weighted by Gasteiger charge is 2.09. The van der Waals surface area contributed by atoms with Crippen molar-refractivity contribution in [3.05, 3.63) is 54.6 Å². The summed E-state index contributed by atoms with van der Waals surface area (Å²) in [6.07, 6.45) is -0.141. The fourth-order valence-electron chi connectivity index (χ4n) is 2.40. The van der Waals surface area contributed by atoms with Crippen LogP contribution < -0.4 is 5.32 Å². The van der Waals surface area contributed by atoms with Crippen molar-refractivity contribution in [2.24, 2.45) is 0 Å². The lowest BCUT2D eigenvalue weighted by Gasteiger charge is -2.12. The summed E-state index contributed by atoms with van der Waals surface area (Å²) >= 11 is 0. The number of fused-ring (bicyclic) bond motifs is 2. The van der Waals surface area contributed by atoms with Crippen LogP contribution in [0.25, 0.3) is 21.5 Å². The van der Waals surface area contributed by atoms with Gasteiger partial charge in [0.1, 0.15) is 6.42 Å². The minimum atomic E-state index is -0.283. The standard InChI is InChI=1S/C17H12N2O/c18-10-9-16(20)19-17-14-7-3-1-5-12(14)11-13-6-2-4-8-15(13)17/h1-8,11H,9H2,(H,19,20). The van der Waals surface area contributed by atoms with Crippen LogP contribution in [0.4, 0.5) is 5.69 Å². The molecule has 0 saturated carbocycles. The van der Waals surface area contributed by atoms with E-state index in [1.807, 2.05) is 54.6 Å². The minimum absolute atomic E-state index is 0.141. The van der Waals surface area contributed by atoms with E-state index in [9.17, 15) is 4.79 Å². The molecule has 0 spiro atoms. The molecule has 0 aromatic heterocycles. The first kappa shape index (κ1) is 12.2. The van der Waals surface area contributed by atoms with Gasteiger partial charge in [-0.2, -0.15) is 5.26 Å². The van der Waals surface area contributed by atoms with Crippen LogP contribution in [0.15, 0.2) is 54.6 Å². The van der Waals surface area contributed by atoms with Crippen LogP contribution in [0.5, 0.6) is 0 Å². The molecule has 3 nitrogen and oxygen atoms in total. The van der Waals surface area contributed by atoms with Gasteiger partial charge in [-0.1, -0.05) is 48.5 Å². The van der Waals surface area contributed by atoms with Gasteiger partial charge in [0, 0.05) is 10.8 Å². The number of carbonyl (C=O) groups excluding carboxylic acids is 1. The molecule has 0 aliphatic carbocycles. The van der Waals surface area contributed by atoms with Crippen LogP contribution in [-0.2, 0) is 4.79 Å². The van der Waals surface area contributed by atoms with Gasteiger partial charge in [-0.05, 0) is 16.8 Å². The SMILES string of the molecule is N#CCC(=O)Nc1c2ccccc2cc2ccccc12. The fraction of sp³-hybridized carbons (Fsp3) is 0.0588. The third kappa shape index (κ3) is 2.08. The van der Waals surface area contributed by atoms with Crippen LogP contribution in [-0.4, -0.2) is 5.91 Å². The Labute approximate surface area is 116 Å². The molecule has 0 aliphatic heterocycles. The predicted octanol–water partition coefficient (Wildman–Crippen LogP) is 3.85. The molecular weight excluding hydrogens is 248 g/mol. The van der Waals surface area contributed by atoms with Crippen LogP contribution in [0.3, 0.4) is 0 Å². The minimum Gasteiger partial charge on any atom is -0.324 e. The average molecular weight is 260 g/mol. The third-order valence-electron chi connectivity index (χ3n) is 3.28. The monoisotopic (exact) mass is 260 g/mol. The van der Waals surface area contributed by atoms with E-state index in [1.54, 1.807) is 0 Å². The predicted molar refractivity (Wildman–Crippen MR) is 80.3 cm³/mol. The number of hydrogen-bond acceptors (Lipinski definition) is 2. The van der Waals surface area contributed by atoms with Crippen molar-refractivity contribution in [3.63, 3.8) is 0 Å². The number of anilines is 1. The maximum atomic E-state index is 11.8. The molecule has 0 fully saturated rings. The molecule has 96 valence electrons. The smallest absolute Gasteiger partial charge is 0.238 e. The first-order valence-electron chi connectivity index (χ1n) is 6.37. The molecule has 0 radical (unpaired) electrons. The molecule has 20 heavy (non-hydrogen) atoms. The zero-order chi connectivity index (χ0) is 13.9. The molecule has 0 aliphatic rings. The van der Waals surface area contributed by atoms with Gasteiger partial charge in [-0.25, -0.2) is 0 Å². The number of rotatable bonds is 2. The Morgan fingerprint density at radius 3 is 2.10 bits per heavy atom. The molecule has 1 amide bonds. The highest BCUT2D eigenvalue weighted by atomic mass is 16.1. The fourth-order valence-corrected chi connectivity index (χ4v) is 2.40. The normalized spacial score (nSPS) is 10.3. The molecule has 3 rings (SSSR count). The number of hydrogen-bond donors (Lipinski definition) is 1. The van der Waals surface area contributed by atoms with Crippen molar-refractivity contribution < 1.29 is 4.79 Å². The molecule has 1 N–H and O–H groups in total. The van der Waals surface area contributed by atoms with E-state index in [2.05, 4.69) is 11.4 Å². The second kappa shape index (κ2) is 5.02. The van der Waals surface area contributed by atoms with Gasteiger partial charge in [0.05, 0.1) is 11.8 Å². The van der Waals surface area contributed by atoms with Gasteiger partial charge >= 0.3 is 0 Å². The Morgan fingerprint density at radius 1 is 1.00 bits per heavy atom. The summed E-state index contributed by atoms with van der Waals surface area (Å²) in [4.78, 5) is 11.8. The Balaban J connectivity index is 2.28. The second-order valence-corrected chi connectivity index (χ2v) is 4.58. The van der Waals surface area contributed by atoms with Crippen molar-refractivity contribution in [2.75, 3.05) is 5.32 Å². The van der Waals surface area contributed by atoms with Crippen molar-refractivity contribution in [1.82, 2.24) is 0 Å². The molecule has 0 heterocycles. The van der Waals surface area contributed by atoms with E-state index >= 15 is 0 Å². The summed E-state index contributed by atoms with van der Waals surface area (Å²) < 4.78 is 0. The molecule has 3 aromatic carbocycles. The number of benzene rings is 3. The van der Waals surface area contributed by atoms with Gasteiger partial charge in [0.15, 0.2) is 0 Å². The summed E-state index contributed by atoms with van der Waals surface area (Å²) in [5.41, 5.74) is 0.777. The molecular formula is C17H12N2O. The van der Waals surface area contributed by atoms with Crippen LogP contribution in [0, 0.1) is 11.3 Å². The van der Waals surface area contributed by atoms with Crippen LogP contribution in [0.1, 0.15) is 6.42 Å². The van der Waals surface area contributed by atoms with E-state index in [0.717, 1.165) is 27.2 Å². The first-order valence-corrected chi connectivity index (χ1v) is 6.37. The highest BCUT2D eigenvalue weighted by molar-refractivity contribution is 6.15. The quantitative estimate of drug-likeness (QED) is 0.711. The van der Waals surface area contributed by atoms with Crippen LogP contribution in [0.2, 0.25) is 0 Å². The molecule has 0 atom stereocenters. The van der Waals surface area contributed by atoms with E-state index in [4.69, 9.17) is 5.26 Å². The molecule has 0 saturated heterocycles. The van der Waals surface area contributed by atoms with Gasteiger partial charge < -0.3 is 5.32 Å². The Bertz CT molecular complexity index is 792. The highest BCUT2D eigenvalue weighted by Crippen LogP contribution is 2.32. The zero-order valence-electron chi connectivity index (χ0n) is 10.8. The van der Waals surface area contributed by atoms with Crippen molar-refractivity contribution in [3.8, 4) is 6.07 Å². The summed E-state index contributed by atoms with van der Waals surface area (Å²) in [6, 6.07) is 19.8. The Hall–Kier alpha value is -2.86. The van der Waals surface area contributed by atoms with E-state index < -0.39 is 0 Å². The molecule has 3 heteroatoms. The largest absolute Gasteiger partial charge is 0.324 e. The van der Waals surface area contributed by atoms with E-state index in [1.165, 1.54) is 0 Å². The Kier molecular flexibility index (Phi) is 3.06. The van der Waals surface area contributed by atoms with Gasteiger partial charge in [-0.15, -0.1) is 0 Å². The van der Waals surface area contributed by atoms with Crippen LogP contribution >= 0.6 is 0 Å². The maximum absolute atomic E-state index is 11.8. The lowest BCUT2D eigenvalue weighted by atomic mass is 10.0. The summed E-state index contributed by atoms with van der Waals surface area (Å²) in [5, 5.41) is 15.6. The van der Waals surface area contributed by atoms with Gasteiger partial charge in [0.2, 0.25) is 5.91 Å². The summed E-state index contributed by atoms with van der Waals surface area (Å²) in [7, 11) is 0. The van der Waals surface area contributed by atoms with E-state index in [0.29, 0.717) is 0 Å². The lowest BCUT2D eigenvalue weighted by Crippen LogP contribution is -2.10. The van der Waals surface area contributed by atoms with Crippen molar-refractivity contribution >= 4 is 33.1 Å². The molecule has 3 aromatic rings. The van der Waals surface area contributed by atoms with Gasteiger partial charge in [0.25, 0.3) is 0 Å².